The molecular formula is C13H19BrClNO. The van der Waals surface area contributed by atoms with Crippen LogP contribution in [-0.2, 0) is 6.42 Å². The number of halogens is 2. The maximum absolute atomic E-state index is 5.28. The molecule has 1 heterocycles. The summed E-state index contributed by atoms with van der Waals surface area (Å²) in [5.41, 5.74) is 1.37. The van der Waals surface area contributed by atoms with Crippen LogP contribution in [0.3, 0.4) is 0 Å². The molecule has 0 unspecified atom stereocenters. The van der Waals surface area contributed by atoms with Gasteiger partial charge in [0.25, 0.3) is 0 Å². The Labute approximate surface area is 118 Å². The smallest absolute Gasteiger partial charge is 0.120 e. The van der Waals surface area contributed by atoms with Gasteiger partial charge in [-0.1, -0.05) is 15.9 Å². The molecule has 0 bridgehead atoms. The largest absolute Gasteiger partial charge is 0.497 e. The SMILES string of the molecule is COc1cc(Br)cc(CC2CCNCC2)c1.Cl. The van der Waals surface area contributed by atoms with Gasteiger partial charge in [0.2, 0.25) is 0 Å². The Balaban J connectivity index is 0.00000144. The van der Waals surface area contributed by atoms with Gasteiger partial charge in [-0.25, -0.2) is 0 Å². The summed E-state index contributed by atoms with van der Waals surface area (Å²) in [6, 6.07) is 6.35. The molecule has 1 N–H and O–H groups in total. The number of nitrogens with one attached hydrogen (secondary N) is 1. The van der Waals surface area contributed by atoms with Gasteiger partial charge in [0, 0.05) is 4.47 Å². The molecule has 17 heavy (non-hydrogen) atoms. The van der Waals surface area contributed by atoms with Crippen molar-refractivity contribution in [2.45, 2.75) is 19.3 Å². The summed E-state index contributed by atoms with van der Waals surface area (Å²) in [6.45, 7) is 2.33. The molecule has 0 spiro atoms. The van der Waals surface area contributed by atoms with Crippen LogP contribution in [-0.4, -0.2) is 20.2 Å². The van der Waals surface area contributed by atoms with E-state index in [0.29, 0.717) is 0 Å². The van der Waals surface area contributed by atoms with Crippen LogP contribution in [0.15, 0.2) is 22.7 Å². The molecule has 96 valence electrons. The van der Waals surface area contributed by atoms with Gasteiger partial charge in [0.15, 0.2) is 0 Å². The van der Waals surface area contributed by atoms with E-state index < -0.39 is 0 Å². The second-order valence-electron chi connectivity index (χ2n) is 4.40. The van der Waals surface area contributed by atoms with Gasteiger partial charge >= 0.3 is 0 Å². The summed E-state index contributed by atoms with van der Waals surface area (Å²) >= 11 is 3.53. The topological polar surface area (TPSA) is 21.3 Å². The number of ether oxygens (including phenoxy) is 1. The van der Waals surface area contributed by atoms with E-state index in [1.54, 1.807) is 7.11 Å². The minimum Gasteiger partial charge on any atom is -0.497 e. The molecule has 2 rings (SSSR count). The zero-order chi connectivity index (χ0) is 11.4. The van der Waals surface area contributed by atoms with E-state index in [9.17, 15) is 0 Å². The van der Waals surface area contributed by atoms with Crippen molar-refractivity contribution in [3.8, 4) is 5.75 Å². The van der Waals surface area contributed by atoms with Gasteiger partial charge < -0.3 is 10.1 Å². The first kappa shape index (κ1) is 14.8. The minimum absolute atomic E-state index is 0. The van der Waals surface area contributed by atoms with E-state index in [2.05, 4.69) is 33.4 Å². The molecule has 0 radical (unpaired) electrons. The minimum atomic E-state index is 0. The van der Waals surface area contributed by atoms with Crippen molar-refractivity contribution in [3.05, 3.63) is 28.2 Å². The third kappa shape index (κ3) is 4.49. The Morgan fingerprint density at radius 2 is 2.00 bits per heavy atom. The van der Waals surface area contributed by atoms with Crippen molar-refractivity contribution < 1.29 is 4.74 Å². The van der Waals surface area contributed by atoms with E-state index >= 15 is 0 Å². The number of benzene rings is 1. The lowest BCUT2D eigenvalue weighted by Crippen LogP contribution is -2.28. The molecule has 1 aromatic carbocycles. The quantitative estimate of drug-likeness (QED) is 0.921. The average Bonchev–Trinajstić information content (AvgIpc) is 2.29. The lowest BCUT2D eigenvalue weighted by atomic mass is 9.91. The van der Waals surface area contributed by atoms with Gasteiger partial charge in [0.1, 0.15) is 5.75 Å². The van der Waals surface area contributed by atoms with E-state index in [1.165, 1.54) is 18.4 Å². The molecule has 4 heteroatoms. The third-order valence-electron chi connectivity index (χ3n) is 3.15. The van der Waals surface area contributed by atoms with Crippen molar-refractivity contribution in [3.63, 3.8) is 0 Å². The standard InChI is InChI=1S/C13H18BrNO.ClH/c1-16-13-8-11(7-12(14)9-13)6-10-2-4-15-5-3-10;/h7-10,15H,2-6H2,1H3;1H. The van der Waals surface area contributed by atoms with E-state index in [1.807, 2.05) is 6.07 Å². The summed E-state index contributed by atoms with van der Waals surface area (Å²) in [7, 11) is 1.72. The summed E-state index contributed by atoms with van der Waals surface area (Å²) in [4.78, 5) is 0. The molecule has 1 aromatic rings. The van der Waals surface area contributed by atoms with E-state index in [4.69, 9.17) is 4.74 Å². The maximum atomic E-state index is 5.28. The fourth-order valence-corrected chi connectivity index (χ4v) is 2.80. The van der Waals surface area contributed by atoms with Crippen molar-refractivity contribution in [2.24, 2.45) is 5.92 Å². The highest BCUT2D eigenvalue weighted by molar-refractivity contribution is 9.10. The summed E-state index contributed by atoms with van der Waals surface area (Å²) in [5, 5.41) is 3.40. The molecule has 1 fully saturated rings. The first-order valence-corrected chi connectivity index (χ1v) is 6.61. The molecular weight excluding hydrogens is 302 g/mol. The molecule has 2 nitrogen and oxygen atoms in total. The Bertz CT molecular complexity index is 353. The zero-order valence-electron chi connectivity index (χ0n) is 10.0. The molecule has 0 atom stereocenters. The monoisotopic (exact) mass is 319 g/mol. The number of rotatable bonds is 3. The zero-order valence-corrected chi connectivity index (χ0v) is 12.4. The molecule has 1 aliphatic heterocycles. The van der Waals surface area contributed by atoms with Crippen LogP contribution in [0.25, 0.3) is 0 Å². The first-order chi connectivity index (χ1) is 7.78. The lowest BCUT2D eigenvalue weighted by molar-refractivity contribution is 0.371. The number of hydrogen-bond acceptors (Lipinski definition) is 2. The van der Waals surface area contributed by atoms with Crippen molar-refractivity contribution in [1.29, 1.82) is 0 Å². The van der Waals surface area contributed by atoms with Crippen LogP contribution >= 0.6 is 28.3 Å². The lowest BCUT2D eigenvalue weighted by Gasteiger charge is -2.22. The van der Waals surface area contributed by atoms with Crippen LogP contribution in [0, 0.1) is 5.92 Å². The van der Waals surface area contributed by atoms with Crippen LogP contribution in [0.4, 0.5) is 0 Å². The predicted molar refractivity (Wildman–Crippen MR) is 77.2 cm³/mol. The van der Waals surface area contributed by atoms with Crippen molar-refractivity contribution in [1.82, 2.24) is 5.32 Å². The normalized spacial score (nSPS) is 16.4. The second-order valence-corrected chi connectivity index (χ2v) is 5.31. The molecule has 1 aliphatic rings. The van der Waals surface area contributed by atoms with Crippen LogP contribution in [0.2, 0.25) is 0 Å². The van der Waals surface area contributed by atoms with Gasteiger partial charge in [0.05, 0.1) is 7.11 Å². The van der Waals surface area contributed by atoms with E-state index in [-0.39, 0.29) is 12.4 Å². The van der Waals surface area contributed by atoms with Crippen LogP contribution < -0.4 is 10.1 Å². The second kappa shape index (κ2) is 7.24. The van der Waals surface area contributed by atoms with E-state index in [0.717, 1.165) is 35.7 Å². The highest BCUT2D eigenvalue weighted by atomic mass is 79.9. The summed E-state index contributed by atoms with van der Waals surface area (Å²) in [5.74, 6) is 1.76. The van der Waals surface area contributed by atoms with Crippen molar-refractivity contribution >= 4 is 28.3 Å². The van der Waals surface area contributed by atoms with Gasteiger partial charge in [-0.15, -0.1) is 12.4 Å². The first-order valence-electron chi connectivity index (χ1n) is 5.82. The van der Waals surface area contributed by atoms with Gasteiger partial charge in [-0.05, 0) is 62.0 Å². The number of hydrogen-bond donors (Lipinski definition) is 1. The Morgan fingerprint density at radius 1 is 1.29 bits per heavy atom. The Morgan fingerprint density at radius 3 is 2.65 bits per heavy atom. The Hall–Kier alpha value is -0.250. The highest BCUT2D eigenvalue weighted by Gasteiger charge is 2.14. The fraction of sp³-hybridized carbons (Fsp3) is 0.538. The Kier molecular flexibility index (Phi) is 6.31. The maximum Gasteiger partial charge on any atom is 0.120 e. The molecule has 0 aliphatic carbocycles. The number of piperidine rings is 1. The van der Waals surface area contributed by atoms with Gasteiger partial charge in [-0.3, -0.25) is 0 Å². The highest BCUT2D eigenvalue weighted by Crippen LogP contribution is 2.25. The van der Waals surface area contributed by atoms with Crippen molar-refractivity contribution in [2.75, 3.05) is 20.2 Å². The number of methoxy groups -OCH3 is 1. The molecule has 0 saturated carbocycles. The van der Waals surface area contributed by atoms with Crippen LogP contribution in [0.5, 0.6) is 5.75 Å². The third-order valence-corrected chi connectivity index (χ3v) is 3.61. The molecule has 0 amide bonds. The predicted octanol–water partition coefficient (Wildman–Crippen LogP) is 3.42. The molecule has 0 aromatic heterocycles. The fourth-order valence-electron chi connectivity index (χ4n) is 2.28. The summed E-state index contributed by atoms with van der Waals surface area (Å²) < 4.78 is 6.39. The average molecular weight is 321 g/mol. The van der Waals surface area contributed by atoms with Gasteiger partial charge in [-0.2, -0.15) is 0 Å². The summed E-state index contributed by atoms with van der Waals surface area (Å²) in [6.07, 6.45) is 3.74. The van der Waals surface area contributed by atoms with Crippen LogP contribution in [0.1, 0.15) is 18.4 Å². The molecule has 1 saturated heterocycles.